The molecule has 0 aromatic carbocycles. The van der Waals surface area contributed by atoms with Gasteiger partial charge in [-0.25, -0.2) is 0 Å². The molecule has 4 heteroatoms. The molecule has 1 aliphatic rings. The number of nitrogens with two attached hydrogens (primary N) is 1. The quantitative estimate of drug-likeness (QED) is 0.750. The summed E-state index contributed by atoms with van der Waals surface area (Å²) in [5.74, 6) is 0.736. The van der Waals surface area contributed by atoms with E-state index in [9.17, 15) is 4.79 Å². The molecule has 1 rings (SSSR count). The first-order valence-corrected chi connectivity index (χ1v) is 7.25. The van der Waals surface area contributed by atoms with Crippen LogP contribution in [-0.2, 0) is 4.79 Å². The van der Waals surface area contributed by atoms with E-state index in [1.54, 1.807) is 0 Å². The Morgan fingerprint density at radius 1 is 1.44 bits per heavy atom. The van der Waals surface area contributed by atoms with E-state index in [2.05, 4.69) is 17.3 Å². The van der Waals surface area contributed by atoms with Crippen LogP contribution in [0.5, 0.6) is 0 Å². The van der Waals surface area contributed by atoms with Crippen molar-refractivity contribution in [3.8, 4) is 0 Å². The van der Waals surface area contributed by atoms with Crippen LogP contribution in [0.25, 0.3) is 0 Å². The fourth-order valence-corrected chi connectivity index (χ4v) is 2.82. The lowest BCUT2D eigenvalue weighted by Crippen LogP contribution is -2.48. The molecule has 0 spiro atoms. The van der Waals surface area contributed by atoms with Crippen molar-refractivity contribution in [2.75, 3.05) is 33.2 Å². The molecule has 0 saturated carbocycles. The van der Waals surface area contributed by atoms with Crippen LogP contribution in [0.2, 0.25) is 0 Å². The SMILES string of the molecule is CCC(CC)(CN)C(=O)NCC1CCCN(C)C1. The van der Waals surface area contributed by atoms with E-state index in [1.807, 2.05) is 13.8 Å². The minimum Gasteiger partial charge on any atom is -0.355 e. The van der Waals surface area contributed by atoms with Gasteiger partial charge in [0.1, 0.15) is 0 Å². The van der Waals surface area contributed by atoms with Crippen LogP contribution in [-0.4, -0.2) is 44.0 Å². The van der Waals surface area contributed by atoms with Gasteiger partial charge in [-0.2, -0.15) is 0 Å². The molecule has 106 valence electrons. The Kier molecular flexibility index (Phi) is 6.09. The van der Waals surface area contributed by atoms with Crippen molar-refractivity contribution in [3.63, 3.8) is 0 Å². The summed E-state index contributed by atoms with van der Waals surface area (Å²) in [6, 6.07) is 0. The average Bonchev–Trinajstić information content (AvgIpc) is 2.39. The number of likely N-dealkylation sites (tertiary alicyclic amines) is 1. The number of carbonyl (C=O) groups excluding carboxylic acids is 1. The lowest BCUT2D eigenvalue weighted by atomic mass is 9.81. The highest BCUT2D eigenvalue weighted by Crippen LogP contribution is 2.25. The first-order chi connectivity index (χ1) is 8.57. The molecule has 1 heterocycles. The maximum Gasteiger partial charge on any atom is 0.227 e. The monoisotopic (exact) mass is 255 g/mol. The summed E-state index contributed by atoms with van der Waals surface area (Å²) in [4.78, 5) is 14.6. The summed E-state index contributed by atoms with van der Waals surface area (Å²) in [7, 11) is 2.15. The molecular weight excluding hydrogens is 226 g/mol. The number of nitrogens with one attached hydrogen (secondary N) is 1. The molecule has 0 aromatic heterocycles. The van der Waals surface area contributed by atoms with Crippen LogP contribution in [0, 0.1) is 11.3 Å². The molecule has 1 fully saturated rings. The lowest BCUT2D eigenvalue weighted by molar-refractivity contribution is -0.131. The van der Waals surface area contributed by atoms with Crippen molar-refractivity contribution >= 4 is 5.91 Å². The van der Waals surface area contributed by atoms with Crippen molar-refractivity contribution in [3.05, 3.63) is 0 Å². The molecule has 0 bridgehead atoms. The average molecular weight is 255 g/mol. The normalized spacial score (nSPS) is 21.9. The second-order valence-corrected chi connectivity index (χ2v) is 5.67. The number of rotatable bonds is 6. The molecule has 0 aliphatic carbocycles. The smallest absolute Gasteiger partial charge is 0.227 e. The van der Waals surface area contributed by atoms with Crippen molar-refractivity contribution in [2.45, 2.75) is 39.5 Å². The second kappa shape index (κ2) is 7.10. The zero-order chi connectivity index (χ0) is 13.6. The summed E-state index contributed by atoms with van der Waals surface area (Å²) in [5, 5.41) is 3.12. The maximum absolute atomic E-state index is 12.3. The van der Waals surface area contributed by atoms with Crippen LogP contribution >= 0.6 is 0 Å². The molecule has 0 aromatic rings. The molecule has 0 radical (unpaired) electrons. The molecule has 1 unspecified atom stereocenters. The fourth-order valence-electron chi connectivity index (χ4n) is 2.82. The van der Waals surface area contributed by atoms with Crippen LogP contribution in [0.3, 0.4) is 0 Å². The standard InChI is InChI=1S/C14H29N3O/c1-4-14(5-2,11-15)13(18)16-9-12-7-6-8-17(3)10-12/h12H,4-11,15H2,1-3H3,(H,16,18). The summed E-state index contributed by atoms with van der Waals surface area (Å²) in [6.45, 7) is 7.60. The largest absolute Gasteiger partial charge is 0.355 e. The van der Waals surface area contributed by atoms with E-state index in [1.165, 1.54) is 19.4 Å². The van der Waals surface area contributed by atoms with E-state index < -0.39 is 0 Å². The summed E-state index contributed by atoms with van der Waals surface area (Å²) in [5.41, 5.74) is 5.43. The van der Waals surface area contributed by atoms with Crippen LogP contribution in [0.1, 0.15) is 39.5 Å². The molecule has 1 atom stereocenters. The molecule has 3 N–H and O–H groups in total. The van der Waals surface area contributed by atoms with Gasteiger partial charge in [-0.05, 0) is 45.2 Å². The van der Waals surface area contributed by atoms with Gasteiger partial charge < -0.3 is 16.0 Å². The second-order valence-electron chi connectivity index (χ2n) is 5.67. The number of hydrogen-bond donors (Lipinski definition) is 2. The van der Waals surface area contributed by atoms with E-state index in [4.69, 9.17) is 5.73 Å². The van der Waals surface area contributed by atoms with Crippen molar-refractivity contribution in [1.82, 2.24) is 10.2 Å². The Labute approximate surface area is 111 Å². The van der Waals surface area contributed by atoms with Gasteiger partial charge in [0.05, 0.1) is 5.41 Å². The van der Waals surface area contributed by atoms with Crippen LogP contribution in [0.4, 0.5) is 0 Å². The summed E-state index contributed by atoms with van der Waals surface area (Å²) in [6.07, 6.45) is 4.09. The van der Waals surface area contributed by atoms with Gasteiger partial charge in [0.25, 0.3) is 0 Å². The summed E-state index contributed by atoms with van der Waals surface area (Å²) < 4.78 is 0. The topological polar surface area (TPSA) is 58.4 Å². The zero-order valence-electron chi connectivity index (χ0n) is 12.2. The number of carbonyl (C=O) groups is 1. The van der Waals surface area contributed by atoms with Gasteiger partial charge in [0.15, 0.2) is 0 Å². The van der Waals surface area contributed by atoms with E-state index in [-0.39, 0.29) is 11.3 Å². The molecule has 18 heavy (non-hydrogen) atoms. The van der Waals surface area contributed by atoms with Gasteiger partial charge >= 0.3 is 0 Å². The van der Waals surface area contributed by atoms with Gasteiger partial charge in [0.2, 0.25) is 5.91 Å². The highest BCUT2D eigenvalue weighted by molar-refractivity contribution is 5.82. The van der Waals surface area contributed by atoms with E-state index in [0.717, 1.165) is 25.9 Å². The van der Waals surface area contributed by atoms with Gasteiger partial charge in [-0.1, -0.05) is 13.8 Å². The third-order valence-electron chi connectivity index (χ3n) is 4.50. The Bertz CT molecular complexity index is 256. The van der Waals surface area contributed by atoms with E-state index >= 15 is 0 Å². The predicted octanol–water partition coefficient (Wildman–Crippen LogP) is 1.21. The third-order valence-corrected chi connectivity index (χ3v) is 4.50. The highest BCUT2D eigenvalue weighted by atomic mass is 16.2. The van der Waals surface area contributed by atoms with Crippen molar-refractivity contribution in [1.29, 1.82) is 0 Å². The first kappa shape index (κ1) is 15.4. The number of nitrogens with zero attached hydrogens (tertiary/aromatic N) is 1. The number of amides is 1. The minimum atomic E-state index is -0.361. The molecule has 1 aliphatic heterocycles. The maximum atomic E-state index is 12.3. The lowest BCUT2D eigenvalue weighted by Gasteiger charge is -2.32. The summed E-state index contributed by atoms with van der Waals surface area (Å²) >= 11 is 0. The molecular formula is C14H29N3O. The predicted molar refractivity (Wildman–Crippen MR) is 75.3 cm³/mol. The molecule has 4 nitrogen and oxygen atoms in total. The van der Waals surface area contributed by atoms with Gasteiger partial charge in [0, 0.05) is 19.6 Å². The zero-order valence-corrected chi connectivity index (χ0v) is 12.2. The first-order valence-electron chi connectivity index (χ1n) is 7.25. The van der Waals surface area contributed by atoms with Crippen LogP contribution < -0.4 is 11.1 Å². The minimum absolute atomic E-state index is 0.142. The molecule has 1 amide bonds. The Balaban J connectivity index is 2.44. The highest BCUT2D eigenvalue weighted by Gasteiger charge is 2.33. The molecule has 1 saturated heterocycles. The van der Waals surface area contributed by atoms with Gasteiger partial charge in [-0.15, -0.1) is 0 Å². The Morgan fingerprint density at radius 2 is 2.11 bits per heavy atom. The van der Waals surface area contributed by atoms with Crippen molar-refractivity contribution < 1.29 is 4.79 Å². The Morgan fingerprint density at radius 3 is 2.61 bits per heavy atom. The Hall–Kier alpha value is -0.610. The number of piperidine rings is 1. The number of hydrogen-bond acceptors (Lipinski definition) is 3. The third kappa shape index (κ3) is 3.69. The fraction of sp³-hybridized carbons (Fsp3) is 0.929. The van der Waals surface area contributed by atoms with Crippen LogP contribution in [0.15, 0.2) is 0 Å². The van der Waals surface area contributed by atoms with Crippen molar-refractivity contribution in [2.24, 2.45) is 17.1 Å². The van der Waals surface area contributed by atoms with Gasteiger partial charge in [-0.3, -0.25) is 4.79 Å². The van der Waals surface area contributed by atoms with E-state index in [0.29, 0.717) is 12.5 Å².